The molecule has 0 bridgehead atoms. The Morgan fingerprint density at radius 2 is 2.21 bits per heavy atom. The van der Waals surface area contributed by atoms with Crippen molar-refractivity contribution >= 4 is 11.3 Å². The number of hydrogen-bond donors (Lipinski definition) is 1. The molecule has 0 atom stereocenters. The van der Waals surface area contributed by atoms with E-state index in [1.165, 1.54) is 10.6 Å². The third-order valence-electron chi connectivity index (χ3n) is 2.28. The Morgan fingerprint density at radius 3 is 2.79 bits per heavy atom. The van der Waals surface area contributed by atoms with Crippen LogP contribution in [0.5, 0.6) is 0 Å². The average molecular weight is 215 g/mol. The fourth-order valence-electron chi connectivity index (χ4n) is 1.32. The van der Waals surface area contributed by atoms with Crippen LogP contribution in [0.25, 0.3) is 0 Å². The molecule has 14 heavy (non-hydrogen) atoms. The molecule has 0 aliphatic carbocycles. The summed E-state index contributed by atoms with van der Waals surface area (Å²) in [5, 5.41) is 8.86. The van der Waals surface area contributed by atoms with Gasteiger partial charge in [0.1, 0.15) is 0 Å². The van der Waals surface area contributed by atoms with Gasteiger partial charge in [0, 0.05) is 20.0 Å². The normalized spacial score (nSPS) is 11.2. The van der Waals surface area contributed by atoms with Gasteiger partial charge in [0.05, 0.1) is 11.4 Å². The first-order valence-electron chi connectivity index (χ1n) is 4.87. The van der Waals surface area contributed by atoms with Gasteiger partial charge in [-0.25, -0.2) is 0 Å². The Bertz CT molecular complexity index is 284. The van der Waals surface area contributed by atoms with E-state index in [0.29, 0.717) is 0 Å². The maximum Gasteiger partial charge on any atom is 0.225 e. The number of rotatable bonds is 5. The van der Waals surface area contributed by atoms with Gasteiger partial charge in [-0.1, -0.05) is 11.3 Å². The molecule has 0 saturated heterocycles. The summed E-state index contributed by atoms with van der Waals surface area (Å²) < 4.78 is 2.26. The van der Waals surface area contributed by atoms with Crippen molar-refractivity contribution in [2.45, 2.75) is 19.9 Å². The van der Waals surface area contributed by atoms with E-state index in [1.54, 1.807) is 11.3 Å². The number of hydrogen-bond acceptors (Lipinski definition) is 3. The van der Waals surface area contributed by atoms with Crippen molar-refractivity contribution in [1.82, 2.24) is 4.90 Å². The molecule has 1 N–H and O–H groups in total. The maximum atomic E-state index is 8.86. The second kappa shape index (κ2) is 5.44. The van der Waals surface area contributed by atoms with E-state index in [1.807, 2.05) is 0 Å². The minimum Gasteiger partial charge on any atom is -0.396 e. The van der Waals surface area contributed by atoms with Crippen LogP contribution < -0.4 is 4.57 Å². The topological polar surface area (TPSA) is 27.4 Å². The highest BCUT2D eigenvalue weighted by Gasteiger charge is 2.14. The highest BCUT2D eigenvalue weighted by molar-refractivity contribution is 7.09. The zero-order chi connectivity index (χ0) is 10.6. The smallest absolute Gasteiger partial charge is 0.225 e. The molecule has 0 spiro atoms. The summed E-state index contributed by atoms with van der Waals surface area (Å²) in [6.07, 6.45) is 0.783. The minimum absolute atomic E-state index is 0.245. The number of aromatic nitrogens is 1. The van der Waals surface area contributed by atoms with Crippen molar-refractivity contribution in [3.05, 3.63) is 16.1 Å². The summed E-state index contributed by atoms with van der Waals surface area (Å²) >= 11 is 1.74. The lowest BCUT2D eigenvalue weighted by atomic mass is 10.3. The third-order valence-corrected chi connectivity index (χ3v) is 3.43. The van der Waals surface area contributed by atoms with Crippen LogP contribution in [0.15, 0.2) is 5.51 Å². The second-order valence-electron chi connectivity index (χ2n) is 3.70. The van der Waals surface area contributed by atoms with Crippen LogP contribution >= 0.6 is 11.3 Å². The molecular formula is C10H19N2OS+. The molecule has 0 saturated carbocycles. The van der Waals surface area contributed by atoms with E-state index in [2.05, 4.69) is 36.0 Å². The fraction of sp³-hybridized carbons (Fsp3) is 0.700. The Labute approximate surface area is 89.6 Å². The van der Waals surface area contributed by atoms with Crippen molar-refractivity contribution in [2.75, 3.05) is 27.2 Å². The standard InChI is InChI=1S/C10H19N2OS/c1-9-10(4-7-13)14-8-12(9)6-5-11(2)3/h8,13H,4-7H2,1-3H3/q+1. The highest BCUT2D eigenvalue weighted by atomic mass is 32.1. The van der Waals surface area contributed by atoms with Crippen LogP contribution in [-0.2, 0) is 13.0 Å². The third kappa shape index (κ3) is 3.04. The Balaban J connectivity index is 2.60. The van der Waals surface area contributed by atoms with Gasteiger partial charge in [0.15, 0.2) is 12.2 Å². The van der Waals surface area contributed by atoms with Crippen LogP contribution in [0.1, 0.15) is 10.6 Å². The molecule has 1 rings (SSSR count). The Morgan fingerprint density at radius 1 is 1.50 bits per heavy atom. The van der Waals surface area contributed by atoms with Crippen molar-refractivity contribution in [2.24, 2.45) is 0 Å². The molecule has 1 aromatic rings. The number of nitrogens with zero attached hydrogens (tertiary/aromatic N) is 2. The monoisotopic (exact) mass is 215 g/mol. The zero-order valence-electron chi connectivity index (χ0n) is 9.16. The van der Waals surface area contributed by atoms with Crippen LogP contribution in [0.2, 0.25) is 0 Å². The van der Waals surface area contributed by atoms with Crippen molar-refractivity contribution < 1.29 is 9.67 Å². The van der Waals surface area contributed by atoms with Crippen molar-refractivity contribution in [3.8, 4) is 0 Å². The SMILES string of the molecule is Cc1c(CCO)sc[n+]1CCN(C)C. The van der Waals surface area contributed by atoms with Gasteiger partial charge >= 0.3 is 0 Å². The van der Waals surface area contributed by atoms with Crippen molar-refractivity contribution in [3.63, 3.8) is 0 Å². The molecular weight excluding hydrogens is 196 g/mol. The number of likely N-dealkylation sites (N-methyl/N-ethyl adjacent to an activating group) is 1. The lowest BCUT2D eigenvalue weighted by molar-refractivity contribution is -0.697. The lowest BCUT2D eigenvalue weighted by Gasteiger charge is -2.05. The van der Waals surface area contributed by atoms with Gasteiger partial charge in [-0.15, -0.1) is 0 Å². The van der Waals surface area contributed by atoms with Gasteiger partial charge in [0.2, 0.25) is 5.51 Å². The first kappa shape index (κ1) is 11.6. The molecule has 1 aromatic heterocycles. The number of aliphatic hydroxyl groups excluding tert-OH is 1. The highest BCUT2D eigenvalue weighted by Crippen LogP contribution is 2.10. The molecule has 0 aliphatic heterocycles. The summed E-state index contributed by atoms with van der Waals surface area (Å²) in [5.74, 6) is 0. The van der Waals surface area contributed by atoms with Crippen LogP contribution in [0, 0.1) is 6.92 Å². The molecule has 0 unspecified atom stereocenters. The van der Waals surface area contributed by atoms with E-state index < -0.39 is 0 Å². The zero-order valence-corrected chi connectivity index (χ0v) is 9.97. The number of thiazole rings is 1. The van der Waals surface area contributed by atoms with E-state index in [-0.39, 0.29) is 6.61 Å². The number of aliphatic hydroxyl groups is 1. The predicted molar refractivity (Wildman–Crippen MR) is 58.6 cm³/mol. The van der Waals surface area contributed by atoms with Crippen LogP contribution in [0.4, 0.5) is 0 Å². The van der Waals surface area contributed by atoms with Gasteiger partial charge in [-0.2, -0.15) is 4.57 Å². The van der Waals surface area contributed by atoms with Gasteiger partial charge < -0.3 is 10.0 Å². The quantitative estimate of drug-likeness (QED) is 0.722. The van der Waals surface area contributed by atoms with Gasteiger partial charge in [-0.3, -0.25) is 0 Å². The van der Waals surface area contributed by atoms with Gasteiger partial charge in [0.25, 0.3) is 0 Å². The predicted octanol–water partition coefficient (Wildman–Crippen LogP) is 0.440. The fourth-order valence-corrected chi connectivity index (χ4v) is 2.34. The summed E-state index contributed by atoms with van der Waals surface area (Å²) in [7, 11) is 4.16. The summed E-state index contributed by atoms with van der Waals surface area (Å²) in [5.41, 5.74) is 3.44. The molecule has 0 aromatic carbocycles. The van der Waals surface area contributed by atoms with E-state index in [0.717, 1.165) is 19.5 Å². The maximum absolute atomic E-state index is 8.86. The molecule has 0 radical (unpaired) electrons. The minimum atomic E-state index is 0.245. The molecule has 4 heteroatoms. The summed E-state index contributed by atoms with van der Waals surface area (Å²) in [6, 6.07) is 0. The van der Waals surface area contributed by atoms with Crippen LogP contribution in [0.3, 0.4) is 0 Å². The molecule has 1 heterocycles. The lowest BCUT2D eigenvalue weighted by Crippen LogP contribution is -2.39. The molecule has 80 valence electrons. The van der Waals surface area contributed by atoms with Crippen molar-refractivity contribution in [1.29, 1.82) is 0 Å². The van der Waals surface area contributed by atoms with E-state index in [9.17, 15) is 0 Å². The van der Waals surface area contributed by atoms with Gasteiger partial charge in [-0.05, 0) is 14.1 Å². The molecule has 0 fully saturated rings. The first-order valence-corrected chi connectivity index (χ1v) is 5.75. The van der Waals surface area contributed by atoms with E-state index >= 15 is 0 Å². The molecule has 0 amide bonds. The first-order chi connectivity index (χ1) is 6.65. The van der Waals surface area contributed by atoms with E-state index in [4.69, 9.17) is 5.11 Å². The molecule has 3 nitrogen and oxygen atoms in total. The largest absolute Gasteiger partial charge is 0.396 e. The summed E-state index contributed by atoms with van der Waals surface area (Å²) in [4.78, 5) is 3.47. The Hall–Kier alpha value is -0.450. The summed E-state index contributed by atoms with van der Waals surface area (Å²) in [6.45, 7) is 4.45. The Kier molecular flexibility index (Phi) is 4.51. The van der Waals surface area contributed by atoms with Crippen LogP contribution in [-0.4, -0.2) is 37.3 Å². The second-order valence-corrected chi connectivity index (χ2v) is 4.64. The average Bonchev–Trinajstić information content (AvgIpc) is 2.46. The molecule has 0 aliphatic rings.